The standard InChI is InChI=1S/C16H18BrNO/c1-11-4-3-5-14(8-11)18-16(10-19)13-6-7-15(17)12(2)9-13/h3-9,16,18-19H,10H2,1-2H3. The smallest absolute Gasteiger partial charge is 0.0745 e. The van der Waals surface area contributed by atoms with Gasteiger partial charge in [-0.25, -0.2) is 0 Å². The molecule has 0 saturated carbocycles. The first-order valence-electron chi connectivity index (χ1n) is 6.30. The van der Waals surface area contributed by atoms with Crippen LogP contribution >= 0.6 is 15.9 Å². The van der Waals surface area contributed by atoms with Gasteiger partial charge >= 0.3 is 0 Å². The molecule has 0 saturated heterocycles. The number of anilines is 1. The molecule has 2 aromatic carbocycles. The molecule has 100 valence electrons. The Morgan fingerprint density at radius 1 is 1.16 bits per heavy atom. The van der Waals surface area contributed by atoms with Gasteiger partial charge in [0.15, 0.2) is 0 Å². The van der Waals surface area contributed by atoms with Crippen molar-refractivity contribution in [3.8, 4) is 0 Å². The van der Waals surface area contributed by atoms with Crippen molar-refractivity contribution in [1.29, 1.82) is 0 Å². The molecule has 0 radical (unpaired) electrons. The molecule has 2 aromatic rings. The van der Waals surface area contributed by atoms with Crippen LogP contribution in [-0.4, -0.2) is 11.7 Å². The van der Waals surface area contributed by atoms with Crippen LogP contribution in [0.5, 0.6) is 0 Å². The van der Waals surface area contributed by atoms with Crippen LogP contribution in [-0.2, 0) is 0 Å². The van der Waals surface area contributed by atoms with E-state index in [2.05, 4.69) is 53.3 Å². The van der Waals surface area contributed by atoms with Crippen molar-refractivity contribution in [2.75, 3.05) is 11.9 Å². The van der Waals surface area contributed by atoms with Gasteiger partial charge in [0.1, 0.15) is 0 Å². The number of halogens is 1. The quantitative estimate of drug-likeness (QED) is 0.884. The van der Waals surface area contributed by atoms with Crippen molar-refractivity contribution >= 4 is 21.6 Å². The maximum Gasteiger partial charge on any atom is 0.0745 e. The number of hydrogen-bond acceptors (Lipinski definition) is 2. The summed E-state index contributed by atoms with van der Waals surface area (Å²) in [5, 5.41) is 13.0. The molecule has 0 aliphatic rings. The Morgan fingerprint density at radius 3 is 2.58 bits per heavy atom. The molecular weight excluding hydrogens is 302 g/mol. The summed E-state index contributed by atoms with van der Waals surface area (Å²) >= 11 is 3.49. The van der Waals surface area contributed by atoms with Gasteiger partial charge in [0.2, 0.25) is 0 Å². The van der Waals surface area contributed by atoms with Crippen LogP contribution in [0.4, 0.5) is 5.69 Å². The highest BCUT2D eigenvalue weighted by Gasteiger charge is 2.11. The van der Waals surface area contributed by atoms with E-state index in [0.29, 0.717) is 0 Å². The average Bonchev–Trinajstić information content (AvgIpc) is 2.39. The van der Waals surface area contributed by atoms with Crippen molar-refractivity contribution in [2.24, 2.45) is 0 Å². The maximum atomic E-state index is 9.60. The molecule has 0 aliphatic carbocycles. The topological polar surface area (TPSA) is 32.3 Å². The highest BCUT2D eigenvalue weighted by atomic mass is 79.9. The maximum absolute atomic E-state index is 9.60. The second kappa shape index (κ2) is 6.22. The van der Waals surface area contributed by atoms with E-state index >= 15 is 0 Å². The lowest BCUT2D eigenvalue weighted by Crippen LogP contribution is -2.15. The van der Waals surface area contributed by atoms with E-state index < -0.39 is 0 Å². The summed E-state index contributed by atoms with van der Waals surface area (Å²) in [6, 6.07) is 14.2. The van der Waals surface area contributed by atoms with E-state index in [1.165, 1.54) is 11.1 Å². The van der Waals surface area contributed by atoms with E-state index in [-0.39, 0.29) is 12.6 Å². The van der Waals surface area contributed by atoms with E-state index in [9.17, 15) is 5.11 Å². The zero-order valence-electron chi connectivity index (χ0n) is 11.2. The molecule has 0 fully saturated rings. The first-order chi connectivity index (χ1) is 9.10. The molecule has 0 heterocycles. The fraction of sp³-hybridized carbons (Fsp3) is 0.250. The van der Waals surface area contributed by atoms with Gasteiger partial charge in [-0.05, 0) is 48.7 Å². The Bertz CT molecular complexity index is 568. The van der Waals surface area contributed by atoms with Gasteiger partial charge in [0, 0.05) is 10.2 Å². The second-order valence-electron chi connectivity index (χ2n) is 4.76. The first-order valence-corrected chi connectivity index (χ1v) is 7.09. The van der Waals surface area contributed by atoms with E-state index in [1.54, 1.807) is 0 Å². The predicted molar refractivity (Wildman–Crippen MR) is 83.5 cm³/mol. The third-order valence-corrected chi connectivity index (χ3v) is 4.02. The van der Waals surface area contributed by atoms with Gasteiger partial charge in [0.05, 0.1) is 12.6 Å². The van der Waals surface area contributed by atoms with E-state index in [4.69, 9.17) is 0 Å². The van der Waals surface area contributed by atoms with Gasteiger partial charge in [0.25, 0.3) is 0 Å². The molecule has 0 amide bonds. The fourth-order valence-corrected chi connectivity index (χ4v) is 2.30. The zero-order chi connectivity index (χ0) is 13.8. The Hall–Kier alpha value is -1.32. The summed E-state index contributed by atoms with van der Waals surface area (Å²) in [6.45, 7) is 4.17. The molecule has 0 aromatic heterocycles. The molecule has 0 bridgehead atoms. The predicted octanol–water partition coefficient (Wildman–Crippen LogP) is 4.21. The summed E-state index contributed by atoms with van der Waals surface area (Å²) in [5.74, 6) is 0. The lowest BCUT2D eigenvalue weighted by molar-refractivity contribution is 0.276. The highest BCUT2D eigenvalue weighted by molar-refractivity contribution is 9.10. The monoisotopic (exact) mass is 319 g/mol. The Morgan fingerprint density at radius 2 is 1.95 bits per heavy atom. The van der Waals surface area contributed by atoms with E-state index in [0.717, 1.165) is 15.7 Å². The molecule has 19 heavy (non-hydrogen) atoms. The molecule has 0 aliphatic heterocycles. The number of nitrogens with one attached hydrogen (secondary N) is 1. The lowest BCUT2D eigenvalue weighted by Gasteiger charge is -2.19. The van der Waals surface area contributed by atoms with Gasteiger partial charge in [-0.3, -0.25) is 0 Å². The number of aryl methyl sites for hydroxylation is 2. The van der Waals surface area contributed by atoms with Crippen LogP contribution < -0.4 is 5.32 Å². The van der Waals surface area contributed by atoms with Gasteiger partial charge in [-0.1, -0.05) is 40.2 Å². The average molecular weight is 320 g/mol. The largest absolute Gasteiger partial charge is 0.394 e. The minimum Gasteiger partial charge on any atom is -0.394 e. The highest BCUT2D eigenvalue weighted by Crippen LogP contribution is 2.24. The van der Waals surface area contributed by atoms with Crippen LogP contribution in [0.2, 0.25) is 0 Å². The molecule has 2 nitrogen and oxygen atoms in total. The van der Waals surface area contributed by atoms with Crippen molar-refractivity contribution in [1.82, 2.24) is 0 Å². The van der Waals surface area contributed by atoms with Crippen molar-refractivity contribution in [3.63, 3.8) is 0 Å². The Kier molecular flexibility index (Phi) is 4.61. The first kappa shape index (κ1) is 14.1. The normalized spacial score (nSPS) is 12.2. The number of benzene rings is 2. The number of aliphatic hydroxyl groups is 1. The SMILES string of the molecule is Cc1cccc(NC(CO)c2ccc(Br)c(C)c2)c1. The molecular formula is C16H18BrNO. The number of aliphatic hydroxyl groups excluding tert-OH is 1. The van der Waals surface area contributed by atoms with Gasteiger partial charge in [-0.15, -0.1) is 0 Å². The summed E-state index contributed by atoms with van der Waals surface area (Å²) in [4.78, 5) is 0. The van der Waals surface area contributed by atoms with Crippen molar-refractivity contribution in [3.05, 3.63) is 63.6 Å². The van der Waals surface area contributed by atoms with Crippen LogP contribution in [0.15, 0.2) is 46.9 Å². The van der Waals surface area contributed by atoms with Crippen LogP contribution in [0.3, 0.4) is 0 Å². The fourth-order valence-electron chi connectivity index (χ4n) is 2.06. The Balaban J connectivity index is 2.22. The van der Waals surface area contributed by atoms with Crippen molar-refractivity contribution in [2.45, 2.75) is 19.9 Å². The summed E-state index contributed by atoms with van der Waals surface area (Å²) in [6.07, 6.45) is 0. The molecule has 2 rings (SSSR count). The number of rotatable bonds is 4. The van der Waals surface area contributed by atoms with Gasteiger partial charge in [-0.2, -0.15) is 0 Å². The third kappa shape index (κ3) is 3.58. The van der Waals surface area contributed by atoms with Gasteiger partial charge < -0.3 is 10.4 Å². The lowest BCUT2D eigenvalue weighted by atomic mass is 10.0. The summed E-state index contributed by atoms with van der Waals surface area (Å²) in [5.41, 5.74) is 4.49. The summed E-state index contributed by atoms with van der Waals surface area (Å²) < 4.78 is 1.09. The van der Waals surface area contributed by atoms with Crippen LogP contribution in [0.1, 0.15) is 22.7 Å². The van der Waals surface area contributed by atoms with E-state index in [1.807, 2.05) is 24.3 Å². The molecule has 2 N–H and O–H groups in total. The molecule has 0 spiro atoms. The molecule has 3 heteroatoms. The second-order valence-corrected chi connectivity index (χ2v) is 5.61. The number of hydrogen-bond donors (Lipinski definition) is 2. The van der Waals surface area contributed by atoms with Crippen LogP contribution in [0.25, 0.3) is 0 Å². The minimum atomic E-state index is -0.0893. The zero-order valence-corrected chi connectivity index (χ0v) is 12.7. The molecule has 1 unspecified atom stereocenters. The summed E-state index contributed by atoms with van der Waals surface area (Å²) in [7, 11) is 0. The minimum absolute atomic E-state index is 0.0645. The Labute approximate surface area is 122 Å². The molecule has 1 atom stereocenters. The van der Waals surface area contributed by atoms with Crippen LogP contribution in [0, 0.1) is 13.8 Å². The van der Waals surface area contributed by atoms with Crippen molar-refractivity contribution < 1.29 is 5.11 Å². The third-order valence-electron chi connectivity index (χ3n) is 3.13.